The third kappa shape index (κ3) is 4.50. The first-order valence-electron chi connectivity index (χ1n) is 9.65. The summed E-state index contributed by atoms with van der Waals surface area (Å²) in [6.45, 7) is 2.13. The van der Waals surface area contributed by atoms with Crippen molar-refractivity contribution in [2.24, 2.45) is 0 Å². The van der Waals surface area contributed by atoms with Crippen LogP contribution in [0, 0.1) is 5.82 Å². The smallest absolute Gasteiger partial charge is 0.148 e. The van der Waals surface area contributed by atoms with E-state index in [4.69, 9.17) is 0 Å². The summed E-state index contributed by atoms with van der Waals surface area (Å²) in [6, 6.07) is 13.6. The number of para-hydroxylation sites is 3. The Bertz CT molecular complexity index is 848. The maximum atomic E-state index is 14.5. The molecule has 6 nitrogen and oxygen atoms in total. The number of anilines is 3. The lowest BCUT2D eigenvalue weighted by Crippen LogP contribution is -2.50. The van der Waals surface area contributed by atoms with Gasteiger partial charge in [0.25, 0.3) is 0 Å². The fraction of sp³-hybridized carbons (Fsp3) is 0.400. The molecule has 0 saturated carbocycles. The molecule has 0 radical (unpaired) electrons. The van der Waals surface area contributed by atoms with Gasteiger partial charge in [-0.1, -0.05) is 24.3 Å². The van der Waals surface area contributed by atoms with E-state index in [0.717, 1.165) is 19.4 Å². The molecule has 1 unspecified atom stereocenters. The standard InChI is InChI=1S/C20H27FN4O2S.2ClH/c1-22-20-12-6-7-13-23(20)14-15-24-18-10-4-5-11-19(18)25(28(24,26)27)17-9-3-2-8-16(17)21;;/h2-5,8-11,20,22,26-27H,6-7,12-15H2,1H3;2*1H. The lowest BCUT2D eigenvalue weighted by atomic mass is 10.1. The molecule has 1 fully saturated rings. The Balaban J connectivity index is 0.00000160. The van der Waals surface area contributed by atoms with Crippen molar-refractivity contribution in [3.05, 3.63) is 54.3 Å². The molecular formula is C20H29Cl2FN4O2S. The van der Waals surface area contributed by atoms with E-state index in [0.29, 0.717) is 30.6 Å². The van der Waals surface area contributed by atoms with E-state index in [-0.39, 0.29) is 30.5 Å². The monoisotopic (exact) mass is 478 g/mol. The number of nitrogens with zero attached hydrogens (tertiary/aromatic N) is 3. The highest BCUT2D eigenvalue weighted by Gasteiger charge is 2.42. The Morgan fingerprint density at radius 2 is 1.60 bits per heavy atom. The zero-order valence-corrected chi connectivity index (χ0v) is 19.2. The normalized spacial score (nSPS) is 21.4. The molecule has 10 heteroatoms. The summed E-state index contributed by atoms with van der Waals surface area (Å²) in [5, 5.41) is 3.34. The third-order valence-electron chi connectivity index (χ3n) is 5.52. The van der Waals surface area contributed by atoms with Crippen molar-refractivity contribution >= 4 is 52.8 Å². The predicted molar refractivity (Wildman–Crippen MR) is 128 cm³/mol. The van der Waals surface area contributed by atoms with Crippen LogP contribution in [0.15, 0.2) is 48.5 Å². The lowest BCUT2D eigenvalue weighted by Gasteiger charge is -2.45. The molecule has 1 saturated heterocycles. The van der Waals surface area contributed by atoms with E-state index in [9.17, 15) is 13.5 Å². The molecule has 0 aliphatic carbocycles. The van der Waals surface area contributed by atoms with Crippen LogP contribution in [0.2, 0.25) is 0 Å². The summed E-state index contributed by atoms with van der Waals surface area (Å²) < 4.78 is 39.8. The molecular weight excluding hydrogens is 450 g/mol. The number of halogens is 3. The van der Waals surface area contributed by atoms with Gasteiger partial charge in [-0.2, -0.15) is 0 Å². The molecule has 4 rings (SSSR count). The molecule has 2 aromatic rings. The van der Waals surface area contributed by atoms with Crippen LogP contribution in [0.5, 0.6) is 0 Å². The molecule has 2 heterocycles. The van der Waals surface area contributed by atoms with Crippen molar-refractivity contribution in [2.75, 3.05) is 35.3 Å². The van der Waals surface area contributed by atoms with Crippen molar-refractivity contribution in [1.82, 2.24) is 10.2 Å². The molecule has 0 amide bonds. The average molecular weight is 479 g/mol. The van der Waals surface area contributed by atoms with Gasteiger partial charge in [-0.15, -0.1) is 24.8 Å². The molecule has 168 valence electrons. The number of fused-ring (bicyclic) bond motifs is 1. The van der Waals surface area contributed by atoms with Crippen molar-refractivity contribution in [1.29, 1.82) is 0 Å². The van der Waals surface area contributed by atoms with Crippen LogP contribution in [0.25, 0.3) is 0 Å². The summed E-state index contributed by atoms with van der Waals surface area (Å²) in [4.78, 5) is 2.34. The Hall–Kier alpha value is -1.26. The fourth-order valence-corrected chi connectivity index (χ4v) is 5.91. The van der Waals surface area contributed by atoms with Crippen molar-refractivity contribution < 1.29 is 13.5 Å². The molecule has 30 heavy (non-hydrogen) atoms. The van der Waals surface area contributed by atoms with Gasteiger partial charge in [0, 0.05) is 6.54 Å². The summed E-state index contributed by atoms with van der Waals surface area (Å²) in [7, 11) is -1.45. The van der Waals surface area contributed by atoms with Crippen LogP contribution >= 0.6 is 35.8 Å². The molecule has 3 N–H and O–H groups in total. The maximum Gasteiger partial charge on any atom is 0.148 e. The van der Waals surface area contributed by atoms with Gasteiger partial charge in [0.1, 0.15) is 11.5 Å². The Morgan fingerprint density at radius 1 is 0.967 bits per heavy atom. The van der Waals surface area contributed by atoms with E-state index in [1.807, 2.05) is 25.2 Å². The second-order valence-corrected chi connectivity index (χ2v) is 8.95. The number of piperidine rings is 1. The van der Waals surface area contributed by atoms with Crippen LogP contribution in [-0.2, 0) is 0 Å². The minimum absolute atomic E-state index is 0. The van der Waals surface area contributed by atoms with Gasteiger partial charge in [0.15, 0.2) is 0 Å². The largest absolute Gasteiger partial charge is 0.305 e. The van der Waals surface area contributed by atoms with E-state index >= 15 is 0 Å². The number of likely N-dealkylation sites (tertiary alicyclic amines) is 1. The lowest BCUT2D eigenvalue weighted by molar-refractivity contribution is 0.132. The molecule has 2 aliphatic heterocycles. The molecule has 2 aromatic carbocycles. The number of benzene rings is 2. The minimum atomic E-state index is -3.41. The number of nitrogens with one attached hydrogen (secondary N) is 1. The van der Waals surface area contributed by atoms with E-state index in [2.05, 4.69) is 10.2 Å². The van der Waals surface area contributed by atoms with Crippen molar-refractivity contribution in [3.63, 3.8) is 0 Å². The summed E-state index contributed by atoms with van der Waals surface area (Å²) in [5.41, 5.74) is 1.49. The zero-order valence-electron chi connectivity index (χ0n) is 16.8. The van der Waals surface area contributed by atoms with Crippen LogP contribution in [0.1, 0.15) is 19.3 Å². The quantitative estimate of drug-likeness (QED) is 0.546. The highest BCUT2D eigenvalue weighted by atomic mass is 35.5. The van der Waals surface area contributed by atoms with Gasteiger partial charge in [-0.25, -0.2) is 8.70 Å². The van der Waals surface area contributed by atoms with Gasteiger partial charge in [-0.3, -0.25) is 18.3 Å². The molecule has 1 atom stereocenters. The van der Waals surface area contributed by atoms with Gasteiger partial charge in [0.2, 0.25) is 0 Å². The highest BCUT2D eigenvalue weighted by molar-refractivity contribution is 8.27. The van der Waals surface area contributed by atoms with E-state index in [1.165, 1.54) is 16.8 Å². The first-order valence-corrected chi connectivity index (χ1v) is 11.1. The predicted octanol–water partition coefficient (Wildman–Crippen LogP) is 5.24. The molecule has 2 aliphatic rings. The summed E-state index contributed by atoms with van der Waals surface area (Å²) >= 11 is 0. The Kier molecular flexibility index (Phi) is 8.64. The van der Waals surface area contributed by atoms with Crippen LogP contribution in [0.4, 0.5) is 21.5 Å². The van der Waals surface area contributed by atoms with Gasteiger partial charge in [0.05, 0.1) is 24.1 Å². The van der Waals surface area contributed by atoms with Gasteiger partial charge >= 0.3 is 0 Å². The summed E-state index contributed by atoms with van der Waals surface area (Å²) in [5.74, 6) is -0.481. The molecule has 0 aromatic heterocycles. The first kappa shape index (κ1) is 25.0. The van der Waals surface area contributed by atoms with Crippen LogP contribution in [-0.4, -0.2) is 46.9 Å². The highest BCUT2D eigenvalue weighted by Crippen LogP contribution is 2.64. The van der Waals surface area contributed by atoms with Crippen molar-refractivity contribution in [2.45, 2.75) is 25.4 Å². The Labute approximate surface area is 191 Å². The number of hydrogen-bond acceptors (Lipinski definition) is 6. The average Bonchev–Trinajstić information content (AvgIpc) is 2.93. The second kappa shape index (κ2) is 10.4. The maximum absolute atomic E-state index is 14.5. The zero-order chi connectivity index (χ0) is 19.7. The van der Waals surface area contributed by atoms with E-state index in [1.54, 1.807) is 28.6 Å². The van der Waals surface area contributed by atoms with Gasteiger partial charge < -0.3 is 5.32 Å². The van der Waals surface area contributed by atoms with E-state index < -0.39 is 16.8 Å². The minimum Gasteiger partial charge on any atom is -0.305 e. The number of rotatable bonds is 5. The molecule has 0 spiro atoms. The number of hydrogen-bond donors (Lipinski definition) is 3. The van der Waals surface area contributed by atoms with Crippen molar-refractivity contribution in [3.8, 4) is 0 Å². The Morgan fingerprint density at radius 3 is 2.27 bits per heavy atom. The topological polar surface area (TPSA) is 62.2 Å². The SMILES string of the molecule is CNC1CCCCN1CCN1c2ccccc2N(c2ccccc2F)S1(O)O.Cl.Cl. The van der Waals surface area contributed by atoms with Crippen LogP contribution in [0.3, 0.4) is 0 Å². The second-order valence-electron chi connectivity index (χ2n) is 7.16. The first-order chi connectivity index (χ1) is 13.5. The molecule has 0 bridgehead atoms. The fourth-order valence-electron chi connectivity index (χ4n) is 4.14. The third-order valence-corrected chi connectivity index (χ3v) is 7.37. The van der Waals surface area contributed by atoms with Crippen LogP contribution < -0.4 is 13.9 Å². The van der Waals surface area contributed by atoms with Gasteiger partial charge in [-0.05, 0) is 68.1 Å². The summed E-state index contributed by atoms with van der Waals surface area (Å²) in [6.07, 6.45) is 3.73.